The van der Waals surface area contributed by atoms with Gasteiger partial charge in [-0.1, -0.05) is 12.1 Å². The van der Waals surface area contributed by atoms with Gasteiger partial charge in [-0.05, 0) is 30.3 Å². The van der Waals surface area contributed by atoms with Gasteiger partial charge in [0.2, 0.25) is 5.91 Å². The molecule has 2 aromatic carbocycles. The predicted molar refractivity (Wildman–Crippen MR) is 89.5 cm³/mol. The third-order valence-corrected chi connectivity index (χ3v) is 3.63. The van der Waals surface area contributed by atoms with E-state index in [9.17, 15) is 19.2 Å². The number of para-hydroxylation sites is 2. The number of Topliss-reactive ketones (excluding diaryl/α,β-unsaturated/α-hetero) is 1. The first kappa shape index (κ1) is 16.3. The predicted octanol–water partition coefficient (Wildman–Crippen LogP) is 3.15. The number of nitrogens with one attached hydrogen (secondary N) is 2. The van der Waals surface area contributed by atoms with Crippen LogP contribution in [0.5, 0.6) is 0 Å². The normalized spacial score (nSPS) is 11.7. The Morgan fingerprint density at radius 3 is 2.72 bits per heavy atom. The second-order valence-corrected chi connectivity index (χ2v) is 5.44. The summed E-state index contributed by atoms with van der Waals surface area (Å²) in [5.74, 6) is -2.60. The molecule has 0 saturated heterocycles. The Bertz CT molecular complexity index is 986. The minimum Gasteiger partial charge on any atom is -0.340 e. The largest absolute Gasteiger partial charge is 0.340 e. The van der Waals surface area contributed by atoms with Gasteiger partial charge < -0.3 is 10.3 Å². The van der Waals surface area contributed by atoms with Gasteiger partial charge in [0.05, 0.1) is 22.8 Å². The van der Waals surface area contributed by atoms with Gasteiger partial charge in [-0.25, -0.2) is 9.37 Å². The third kappa shape index (κ3) is 3.23. The van der Waals surface area contributed by atoms with Crippen molar-refractivity contribution in [1.29, 1.82) is 5.26 Å². The monoisotopic (exact) mass is 336 g/mol. The van der Waals surface area contributed by atoms with Crippen molar-refractivity contribution in [1.82, 2.24) is 9.97 Å². The van der Waals surface area contributed by atoms with Gasteiger partial charge in [-0.15, -0.1) is 0 Å². The van der Waals surface area contributed by atoms with Crippen LogP contribution >= 0.6 is 0 Å². The lowest BCUT2D eigenvalue weighted by Crippen LogP contribution is -2.14. The maximum atomic E-state index is 13.7. The molecule has 1 aromatic heterocycles. The number of imidazole rings is 1. The zero-order chi connectivity index (χ0) is 18.0. The number of carbonyl (C=O) groups excluding carboxylic acids is 2. The Labute approximate surface area is 142 Å². The molecule has 0 bridgehead atoms. The van der Waals surface area contributed by atoms with Crippen LogP contribution in [0.15, 0.2) is 42.5 Å². The zero-order valence-corrected chi connectivity index (χ0v) is 13.2. The number of carbonyl (C=O) groups is 2. The molecule has 2 N–H and O–H groups in total. The number of amides is 1. The number of halogens is 1. The maximum Gasteiger partial charge on any atom is 0.221 e. The van der Waals surface area contributed by atoms with Crippen molar-refractivity contribution in [3.05, 3.63) is 59.7 Å². The average molecular weight is 336 g/mol. The summed E-state index contributed by atoms with van der Waals surface area (Å²) >= 11 is 0. The van der Waals surface area contributed by atoms with E-state index in [2.05, 4.69) is 15.3 Å². The molecule has 3 aromatic rings. The quantitative estimate of drug-likeness (QED) is 0.715. The first-order valence-corrected chi connectivity index (χ1v) is 7.45. The number of hydrogen-bond acceptors (Lipinski definition) is 4. The summed E-state index contributed by atoms with van der Waals surface area (Å²) in [5.41, 5.74) is 1.35. The molecule has 1 heterocycles. The van der Waals surface area contributed by atoms with Crippen molar-refractivity contribution >= 4 is 28.4 Å². The molecule has 7 heteroatoms. The Hall–Kier alpha value is -3.53. The number of aromatic amines is 1. The summed E-state index contributed by atoms with van der Waals surface area (Å²) in [4.78, 5) is 31.0. The van der Waals surface area contributed by atoms with Crippen molar-refractivity contribution in [2.24, 2.45) is 0 Å². The first-order valence-electron chi connectivity index (χ1n) is 7.45. The highest BCUT2D eigenvalue weighted by molar-refractivity contribution is 6.03. The van der Waals surface area contributed by atoms with E-state index in [4.69, 9.17) is 0 Å². The fourth-order valence-electron chi connectivity index (χ4n) is 2.48. The molecule has 0 spiro atoms. The van der Waals surface area contributed by atoms with Gasteiger partial charge in [0.25, 0.3) is 0 Å². The number of benzene rings is 2. The molecule has 1 atom stereocenters. The molecule has 3 rings (SSSR count). The van der Waals surface area contributed by atoms with Crippen molar-refractivity contribution in [3.8, 4) is 6.07 Å². The Morgan fingerprint density at radius 1 is 1.28 bits per heavy atom. The Balaban J connectivity index is 1.97. The zero-order valence-electron chi connectivity index (χ0n) is 13.2. The van der Waals surface area contributed by atoms with Crippen molar-refractivity contribution < 1.29 is 14.0 Å². The number of ketones is 1. The average Bonchev–Trinajstić information content (AvgIpc) is 3.00. The van der Waals surface area contributed by atoms with Crippen LogP contribution in [0, 0.1) is 17.1 Å². The van der Waals surface area contributed by atoms with E-state index < -0.39 is 23.4 Å². The lowest BCUT2D eigenvalue weighted by molar-refractivity contribution is -0.114. The smallest absolute Gasteiger partial charge is 0.221 e. The van der Waals surface area contributed by atoms with Gasteiger partial charge in [-0.2, -0.15) is 5.26 Å². The maximum absolute atomic E-state index is 13.7. The van der Waals surface area contributed by atoms with Gasteiger partial charge in [0.15, 0.2) is 11.7 Å². The van der Waals surface area contributed by atoms with Crippen molar-refractivity contribution in [2.75, 3.05) is 5.32 Å². The molecule has 6 nitrogen and oxygen atoms in total. The number of aromatic nitrogens is 2. The minimum atomic E-state index is -1.16. The molecule has 0 unspecified atom stereocenters. The molecule has 0 aliphatic rings. The van der Waals surface area contributed by atoms with E-state index in [0.717, 1.165) is 6.07 Å². The fourth-order valence-corrected chi connectivity index (χ4v) is 2.48. The molecule has 25 heavy (non-hydrogen) atoms. The highest BCUT2D eigenvalue weighted by Crippen LogP contribution is 2.24. The summed E-state index contributed by atoms with van der Waals surface area (Å²) in [7, 11) is 0. The van der Waals surface area contributed by atoms with Gasteiger partial charge in [-0.3, -0.25) is 9.59 Å². The molecule has 0 fully saturated rings. The number of H-pyrrole nitrogens is 1. The third-order valence-electron chi connectivity index (χ3n) is 3.63. The lowest BCUT2D eigenvalue weighted by Gasteiger charge is -2.09. The van der Waals surface area contributed by atoms with Crippen LogP contribution in [0.3, 0.4) is 0 Å². The summed E-state index contributed by atoms with van der Waals surface area (Å²) in [5, 5.41) is 11.7. The first-order chi connectivity index (χ1) is 12.0. The van der Waals surface area contributed by atoms with E-state index in [1.807, 2.05) is 12.1 Å². The number of anilines is 1. The summed E-state index contributed by atoms with van der Waals surface area (Å²) < 4.78 is 13.7. The van der Waals surface area contributed by atoms with E-state index in [-0.39, 0.29) is 17.1 Å². The fraction of sp³-hybridized carbons (Fsp3) is 0.111. The number of rotatable bonds is 4. The van der Waals surface area contributed by atoms with E-state index in [1.165, 1.54) is 19.1 Å². The number of nitriles is 1. The van der Waals surface area contributed by atoms with E-state index >= 15 is 0 Å². The van der Waals surface area contributed by atoms with Gasteiger partial charge in [0.1, 0.15) is 11.6 Å². The highest BCUT2D eigenvalue weighted by Gasteiger charge is 2.25. The molecular weight excluding hydrogens is 323 g/mol. The van der Waals surface area contributed by atoms with Crippen LogP contribution in [0.4, 0.5) is 10.1 Å². The molecule has 0 radical (unpaired) electrons. The van der Waals surface area contributed by atoms with Gasteiger partial charge >= 0.3 is 0 Å². The standard InChI is InChI=1S/C18H13FN4O2/c1-10(24)21-16-8-11(6-7-13(16)19)17(25)12(9-20)18-22-14-4-2-3-5-15(14)23-18/h2-8,12H,1H3,(H,21,24)(H,22,23)/t12-/m1/s1. The van der Waals surface area contributed by atoms with Crippen LogP contribution in [0.2, 0.25) is 0 Å². The summed E-state index contributed by atoms with van der Waals surface area (Å²) in [6, 6.07) is 12.7. The lowest BCUT2D eigenvalue weighted by atomic mass is 9.97. The van der Waals surface area contributed by atoms with Crippen LogP contribution in [-0.4, -0.2) is 21.7 Å². The number of fused-ring (bicyclic) bond motifs is 1. The second kappa shape index (κ2) is 6.53. The van der Waals surface area contributed by atoms with E-state index in [0.29, 0.717) is 11.0 Å². The van der Waals surface area contributed by atoms with Crippen molar-refractivity contribution in [2.45, 2.75) is 12.8 Å². The van der Waals surface area contributed by atoms with Crippen LogP contribution in [0.25, 0.3) is 11.0 Å². The van der Waals surface area contributed by atoms with Crippen LogP contribution in [0.1, 0.15) is 29.0 Å². The minimum absolute atomic E-state index is 0.108. The number of hydrogen-bond donors (Lipinski definition) is 2. The topological polar surface area (TPSA) is 98.6 Å². The second-order valence-electron chi connectivity index (χ2n) is 5.44. The summed E-state index contributed by atoms with van der Waals surface area (Å²) in [6.07, 6.45) is 0. The molecule has 0 saturated carbocycles. The summed E-state index contributed by atoms with van der Waals surface area (Å²) in [6.45, 7) is 1.24. The van der Waals surface area contributed by atoms with Gasteiger partial charge in [0, 0.05) is 12.5 Å². The van der Waals surface area contributed by atoms with E-state index in [1.54, 1.807) is 18.2 Å². The highest BCUT2D eigenvalue weighted by atomic mass is 19.1. The molecule has 0 aliphatic heterocycles. The van der Waals surface area contributed by atoms with Crippen molar-refractivity contribution in [3.63, 3.8) is 0 Å². The molecule has 124 valence electrons. The molecule has 0 aliphatic carbocycles. The number of nitrogens with zero attached hydrogens (tertiary/aromatic N) is 2. The molecule has 1 amide bonds. The Morgan fingerprint density at radius 2 is 2.04 bits per heavy atom. The van der Waals surface area contributed by atoms with Crippen LogP contribution in [-0.2, 0) is 4.79 Å². The molecular formula is C18H13FN4O2. The Kier molecular flexibility index (Phi) is 4.27. The SMILES string of the molecule is CC(=O)Nc1cc(C(=O)[C@@H](C#N)c2nc3ccccc3[nH]2)ccc1F. The van der Waals surface area contributed by atoms with Crippen LogP contribution < -0.4 is 5.32 Å².